The summed E-state index contributed by atoms with van der Waals surface area (Å²) in [7, 11) is 0. The zero-order valence-corrected chi connectivity index (χ0v) is 15.3. The molecule has 2 rings (SSSR count). The highest BCUT2D eigenvalue weighted by molar-refractivity contribution is 5.89. The van der Waals surface area contributed by atoms with Gasteiger partial charge in [0.2, 0.25) is 5.91 Å². The minimum atomic E-state index is -0.324. The smallest absolute Gasteiger partial charge is 0.331 e. The minimum absolute atomic E-state index is 0.0487. The number of hydrogen-bond donors (Lipinski definition) is 1. The van der Waals surface area contributed by atoms with Crippen LogP contribution in [0.3, 0.4) is 0 Å². The van der Waals surface area contributed by atoms with Crippen molar-refractivity contribution in [2.75, 3.05) is 24.5 Å². The van der Waals surface area contributed by atoms with E-state index in [4.69, 9.17) is 4.74 Å². The van der Waals surface area contributed by atoms with Gasteiger partial charge in [0.05, 0.1) is 12.2 Å². The Kier molecular flexibility index (Phi) is 8.29. The number of nitrogens with one attached hydrogen (secondary N) is 1. The highest BCUT2D eigenvalue weighted by Gasteiger charge is 2.24. The van der Waals surface area contributed by atoms with Gasteiger partial charge in [-0.3, -0.25) is 4.79 Å². The number of hydrogen-bond acceptors (Lipinski definition) is 4. The SMILES string of the molecule is CCCCCCCCCCNC(=O)CN1CC(=O)Oc2ccccc21. The third-order valence-corrected chi connectivity index (χ3v) is 4.44. The Bertz CT molecular complexity index is 560. The Hall–Kier alpha value is -2.04. The van der Waals surface area contributed by atoms with E-state index in [0.29, 0.717) is 12.3 Å². The van der Waals surface area contributed by atoms with Gasteiger partial charge in [0.25, 0.3) is 0 Å². The first-order chi connectivity index (χ1) is 12.2. The summed E-state index contributed by atoms with van der Waals surface area (Å²) in [6.07, 6.45) is 9.99. The summed E-state index contributed by atoms with van der Waals surface area (Å²) in [6.45, 7) is 3.23. The molecule has 25 heavy (non-hydrogen) atoms. The summed E-state index contributed by atoms with van der Waals surface area (Å²) >= 11 is 0. The summed E-state index contributed by atoms with van der Waals surface area (Å²) in [5.74, 6) is 0.150. The highest BCUT2D eigenvalue weighted by atomic mass is 16.5. The Morgan fingerprint density at radius 3 is 2.52 bits per heavy atom. The number of benzene rings is 1. The van der Waals surface area contributed by atoms with Gasteiger partial charge in [0.1, 0.15) is 6.54 Å². The van der Waals surface area contributed by atoms with Crippen molar-refractivity contribution in [2.45, 2.75) is 58.3 Å². The second-order valence-corrected chi connectivity index (χ2v) is 6.62. The normalized spacial score (nSPS) is 13.3. The molecule has 5 nitrogen and oxygen atoms in total. The van der Waals surface area contributed by atoms with E-state index in [-0.39, 0.29) is 25.0 Å². The molecule has 138 valence electrons. The number of nitrogens with zero attached hydrogens (tertiary/aromatic N) is 1. The van der Waals surface area contributed by atoms with Crippen LogP contribution in [0.2, 0.25) is 0 Å². The van der Waals surface area contributed by atoms with E-state index in [1.165, 1.54) is 38.5 Å². The largest absolute Gasteiger partial charge is 0.423 e. The van der Waals surface area contributed by atoms with Crippen LogP contribution in [-0.4, -0.2) is 31.5 Å². The molecular weight excluding hydrogens is 316 g/mol. The van der Waals surface area contributed by atoms with Crippen LogP contribution >= 0.6 is 0 Å². The van der Waals surface area contributed by atoms with Crippen LogP contribution in [0.1, 0.15) is 58.3 Å². The third kappa shape index (κ3) is 6.77. The fourth-order valence-electron chi connectivity index (χ4n) is 3.06. The maximum absolute atomic E-state index is 12.1. The van der Waals surface area contributed by atoms with Crippen LogP contribution in [0.25, 0.3) is 0 Å². The van der Waals surface area contributed by atoms with Crippen LogP contribution in [0, 0.1) is 0 Å². The number of rotatable bonds is 11. The quantitative estimate of drug-likeness (QED) is 0.377. The predicted molar refractivity (Wildman–Crippen MR) is 99.9 cm³/mol. The molecule has 1 aromatic rings. The fourth-order valence-corrected chi connectivity index (χ4v) is 3.06. The second kappa shape index (κ2) is 10.7. The van der Waals surface area contributed by atoms with Crippen molar-refractivity contribution in [1.82, 2.24) is 5.32 Å². The maximum Gasteiger partial charge on any atom is 0.331 e. The predicted octanol–water partition coefficient (Wildman–Crippen LogP) is 3.67. The number of carbonyl (C=O) groups is 2. The zero-order chi connectivity index (χ0) is 17.9. The Balaban J connectivity index is 1.62. The lowest BCUT2D eigenvalue weighted by atomic mass is 10.1. The van der Waals surface area contributed by atoms with Crippen molar-refractivity contribution in [1.29, 1.82) is 0 Å². The molecule has 1 heterocycles. The summed E-state index contributed by atoms with van der Waals surface area (Å²) in [4.78, 5) is 25.5. The van der Waals surface area contributed by atoms with Crippen molar-refractivity contribution in [3.05, 3.63) is 24.3 Å². The molecule has 0 aromatic heterocycles. The minimum Gasteiger partial charge on any atom is -0.423 e. The van der Waals surface area contributed by atoms with E-state index in [2.05, 4.69) is 12.2 Å². The number of fused-ring (bicyclic) bond motifs is 1. The number of amides is 1. The van der Waals surface area contributed by atoms with Gasteiger partial charge in [-0.25, -0.2) is 4.79 Å². The van der Waals surface area contributed by atoms with E-state index in [1.54, 1.807) is 11.0 Å². The lowest BCUT2D eigenvalue weighted by molar-refractivity contribution is -0.133. The van der Waals surface area contributed by atoms with Crippen molar-refractivity contribution in [3.8, 4) is 5.75 Å². The second-order valence-electron chi connectivity index (χ2n) is 6.62. The summed E-state index contributed by atoms with van der Waals surface area (Å²) < 4.78 is 5.19. The van der Waals surface area contributed by atoms with Crippen LogP contribution in [-0.2, 0) is 9.59 Å². The molecule has 0 unspecified atom stereocenters. The molecule has 0 aliphatic carbocycles. The first kappa shape index (κ1) is 19.3. The van der Waals surface area contributed by atoms with Crippen molar-refractivity contribution in [2.24, 2.45) is 0 Å². The average Bonchev–Trinajstić information content (AvgIpc) is 2.60. The molecule has 0 radical (unpaired) electrons. The van der Waals surface area contributed by atoms with Gasteiger partial charge in [-0.05, 0) is 18.6 Å². The van der Waals surface area contributed by atoms with Gasteiger partial charge in [-0.2, -0.15) is 0 Å². The summed E-state index contributed by atoms with van der Waals surface area (Å²) in [6, 6.07) is 7.31. The molecule has 0 saturated heterocycles. The molecule has 0 fully saturated rings. The number of ether oxygens (including phenoxy) is 1. The first-order valence-corrected chi connectivity index (χ1v) is 9.52. The molecule has 0 bridgehead atoms. The molecule has 1 amide bonds. The molecular formula is C20H30N2O3. The first-order valence-electron chi connectivity index (χ1n) is 9.52. The molecule has 1 aromatic carbocycles. The van der Waals surface area contributed by atoms with E-state index >= 15 is 0 Å². The fraction of sp³-hybridized carbons (Fsp3) is 0.600. The van der Waals surface area contributed by atoms with Gasteiger partial charge >= 0.3 is 5.97 Å². The number of esters is 1. The Morgan fingerprint density at radius 2 is 1.76 bits per heavy atom. The number of carbonyl (C=O) groups excluding carboxylic acids is 2. The van der Waals surface area contributed by atoms with E-state index in [9.17, 15) is 9.59 Å². The van der Waals surface area contributed by atoms with Crippen molar-refractivity contribution >= 4 is 17.6 Å². The lowest BCUT2D eigenvalue weighted by Crippen LogP contribution is -2.43. The van der Waals surface area contributed by atoms with Crippen LogP contribution in [0.5, 0.6) is 5.75 Å². The Morgan fingerprint density at radius 1 is 1.08 bits per heavy atom. The molecule has 1 aliphatic rings. The third-order valence-electron chi connectivity index (χ3n) is 4.44. The van der Waals surface area contributed by atoms with Crippen molar-refractivity contribution in [3.63, 3.8) is 0 Å². The molecule has 5 heteroatoms. The summed E-state index contributed by atoms with van der Waals surface area (Å²) in [5, 5.41) is 2.95. The standard InChI is InChI=1S/C20H30N2O3/c1-2-3-4-5-6-7-8-11-14-21-19(23)15-22-16-20(24)25-18-13-10-9-12-17(18)22/h9-10,12-13H,2-8,11,14-16H2,1H3,(H,21,23). The topological polar surface area (TPSA) is 58.6 Å². The van der Waals surface area contributed by atoms with Gasteiger partial charge in [0.15, 0.2) is 5.75 Å². The highest BCUT2D eigenvalue weighted by Crippen LogP contribution is 2.30. The molecule has 0 atom stereocenters. The Labute approximate surface area is 150 Å². The van der Waals surface area contributed by atoms with Crippen LogP contribution in [0.15, 0.2) is 24.3 Å². The maximum atomic E-state index is 12.1. The number of unbranched alkanes of at least 4 members (excludes halogenated alkanes) is 7. The zero-order valence-electron chi connectivity index (χ0n) is 15.3. The average molecular weight is 346 g/mol. The molecule has 1 N–H and O–H groups in total. The van der Waals surface area contributed by atoms with E-state index in [0.717, 1.165) is 18.5 Å². The number of anilines is 1. The molecule has 1 aliphatic heterocycles. The van der Waals surface area contributed by atoms with Gasteiger partial charge in [-0.15, -0.1) is 0 Å². The molecule has 0 saturated carbocycles. The summed E-state index contributed by atoms with van der Waals surface area (Å²) in [5.41, 5.74) is 0.796. The van der Waals surface area contributed by atoms with Gasteiger partial charge in [-0.1, -0.05) is 64.0 Å². The lowest BCUT2D eigenvalue weighted by Gasteiger charge is -2.29. The van der Waals surface area contributed by atoms with E-state index < -0.39 is 0 Å². The van der Waals surface area contributed by atoms with Gasteiger partial charge < -0.3 is 15.0 Å². The molecule has 0 spiro atoms. The van der Waals surface area contributed by atoms with E-state index in [1.807, 2.05) is 18.2 Å². The number of para-hydroxylation sites is 2. The van der Waals surface area contributed by atoms with Crippen LogP contribution in [0.4, 0.5) is 5.69 Å². The monoisotopic (exact) mass is 346 g/mol. The van der Waals surface area contributed by atoms with Crippen molar-refractivity contribution < 1.29 is 14.3 Å². The van der Waals surface area contributed by atoms with Gasteiger partial charge in [0, 0.05) is 6.54 Å². The van der Waals surface area contributed by atoms with Crippen LogP contribution < -0.4 is 15.0 Å².